The summed E-state index contributed by atoms with van der Waals surface area (Å²) in [6, 6.07) is 13.4. The number of nitrogens with zero attached hydrogens (tertiary/aromatic N) is 1. The average molecular weight is 353 g/mol. The van der Waals surface area contributed by atoms with Gasteiger partial charge in [0.25, 0.3) is 5.91 Å². The molecule has 0 atom stereocenters. The molecule has 134 valence electrons. The van der Waals surface area contributed by atoms with Crippen molar-refractivity contribution in [3.05, 3.63) is 70.5 Å². The lowest BCUT2D eigenvalue weighted by Gasteiger charge is -2.08. The van der Waals surface area contributed by atoms with Gasteiger partial charge in [-0.25, -0.2) is 4.39 Å². The number of hydrogen-bond donors (Lipinski definition) is 2. The lowest BCUT2D eigenvalue weighted by Crippen LogP contribution is -2.34. The van der Waals surface area contributed by atoms with Gasteiger partial charge in [0.1, 0.15) is 5.82 Å². The smallest absolute Gasteiger partial charge is 0.251 e. The Bertz CT molecular complexity index is 826. The number of carbonyl (C=O) groups excluding carboxylic acids is 2. The third kappa shape index (κ3) is 5.71. The molecular formula is C20H20FN3O2. The number of nitriles is 1. The molecule has 0 aliphatic carbocycles. The third-order valence-electron chi connectivity index (χ3n) is 3.89. The summed E-state index contributed by atoms with van der Waals surface area (Å²) in [5, 5.41) is 14.1. The Morgan fingerprint density at radius 2 is 1.77 bits per heavy atom. The van der Waals surface area contributed by atoms with Crippen molar-refractivity contribution >= 4 is 11.8 Å². The first-order chi connectivity index (χ1) is 12.5. The van der Waals surface area contributed by atoms with Crippen molar-refractivity contribution in [1.82, 2.24) is 10.6 Å². The molecule has 0 radical (unpaired) electrons. The lowest BCUT2D eigenvalue weighted by molar-refractivity contribution is -0.121. The van der Waals surface area contributed by atoms with E-state index < -0.39 is 5.82 Å². The molecule has 0 saturated carbocycles. The van der Waals surface area contributed by atoms with Crippen molar-refractivity contribution in [3.8, 4) is 6.07 Å². The second-order valence-electron chi connectivity index (χ2n) is 5.88. The fourth-order valence-corrected chi connectivity index (χ4v) is 2.31. The highest BCUT2D eigenvalue weighted by molar-refractivity contribution is 5.94. The second-order valence-corrected chi connectivity index (χ2v) is 5.88. The van der Waals surface area contributed by atoms with Crippen molar-refractivity contribution in [3.63, 3.8) is 0 Å². The lowest BCUT2D eigenvalue weighted by atomic mass is 10.1. The van der Waals surface area contributed by atoms with Crippen molar-refractivity contribution in [2.75, 3.05) is 13.1 Å². The molecule has 0 spiro atoms. The molecule has 0 aliphatic rings. The molecule has 0 bridgehead atoms. The summed E-state index contributed by atoms with van der Waals surface area (Å²) in [4.78, 5) is 23.7. The Morgan fingerprint density at radius 1 is 1.08 bits per heavy atom. The van der Waals surface area contributed by atoms with Crippen LogP contribution in [0.25, 0.3) is 0 Å². The number of hydrogen-bond acceptors (Lipinski definition) is 3. The van der Waals surface area contributed by atoms with Gasteiger partial charge in [0.2, 0.25) is 5.91 Å². The van der Waals surface area contributed by atoms with Crippen molar-refractivity contribution < 1.29 is 14.0 Å². The van der Waals surface area contributed by atoms with E-state index in [0.717, 1.165) is 5.56 Å². The minimum atomic E-state index is -0.422. The van der Waals surface area contributed by atoms with Crippen LogP contribution in [0.2, 0.25) is 0 Å². The summed E-state index contributed by atoms with van der Waals surface area (Å²) in [6.07, 6.45) is 0.898. The molecule has 2 amide bonds. The molecular weight excluding hydrogens is 333 g/mol. The first kappa shape index (κ1) is 19.1. The van der Waals surface area contributed by atoms with Gasteiger partial charge in [-0.05, 0) is 48.7 Å². The topological polar surface area (TPSA) is 82.0 Å². The molecule has 6 heteroatoms. The molecule has 2 rings (SSSR count). The average Bonchev–Trinajstić information content (AvgIpc) is 2.66. The van der Waals surface area contributed by atoms with Crippen molar-refractivity contribution in [1.29, 1.82) is 5.26 Å². The molecule has 5 nitrogen and oxygen atoms in total. The zero-order chi connectivity index (χ0) is 18.9. The van der Waals surface area contributed by atoms with E-state index in [4.69, 9.17) is 5.26 Å². The molecule has 0 fully saturated rings. The third-order valence-corrected chi connectivity index (χ3v) is 3.89. The predicted octanol–water partition coefficient (Wildman–Crippen LogP) is 2.48. The van der Waals surface area contributed by atoms with Crippen LogP contribution in [0.4, 0.5) is 4.39 Å². The standard InChI is InChI=1S/C20H20FN3O2/c1-14-2-8-17(12-18(14)21)20(26)24-11-10-23-19(25)9-7-15-3-5-16(13-22)6-4-15/h2-6,8,12H,7,9-11H2,1H3,(H,23,25)(H,24,26). The quantitative estimate of drug-likeness (QED) is 0.750. The SMILES string of the molecule is Cc1ccc(C(=O)NCCNC(=O)CCc2ccc(C#N)cc2)cc1F. The van der Waals surface area contributed by atoms with Gasteiger partial charge in [-0.3, -0.25) is 9.59 Å². The summed E-state index contributed by atoms with van der Waals surface area (Å²) in [5.41, 5.74) is 2.30. The molecule has 0 heterocycles. The number of amides is 2. The fourth-order valence-electron chi connectivity index (χ4n) is 2.31. The van der Waals surface area contributed by atoms with Crippen LogP contribution in [-0.2, 0) is 11.2 Å². The summed E-state index contributed by atoms with van der Waals surface area (Å²) < 4.78 is 13.4. The van der Waals surface area contributed by atoms with Crippen LogP contribution in [0.1, 0.15) is 33.5 Å². The largest absolute Gasteiger partial charge is 0.354 e. The predicted molar refractivity (Wildman–Crippen MR) is 96.0 cm³/mol. The minimum Gasteiger partial charge on any atom is -0.354 e. The van der Waals surface area contributed by atoms with Crippen LogP contribution < -0.4 is 10.6 Å². The molecule has 0 aliphatic heterocycles. The zero-order valence-corrected chi connectivity index (χ0v) is 14.5. The fraction of sp³-hybridized carbons (Fsp3) is 0.250. The first-order valence-electron chi connectivity index (χ1n) is 8.29. The van der Waals surface area contributed by atoms with E-state index in [9.17, 15) is 14.0 Å². The Hall–Kier alpha value is -3.20. The number of nitrogens with one attached hydrogen (secondary N) is 2. The number of rotatable bonds is 7. The van der Waals surface area contributed by atoms with Crippen LogP contribution in [0.3, 0.4) is 0 Å². The van der Waals surface area contributed by atoms with Crippen LogP contribution in [0.5, 0.6) is 0 Å². The van der Waals surface area contributed by atoms with E-state index in [0.29, 0.717) is 30.5 Å². The monoisotopic (exact) mass is 353 g/mol. The number of halogens is 1. The maximum Gasteiger partial charge on any atom is 0.251 e. The van der Waals surface area contributed by atoms with Gasteiger partial charge in [-0.2, -0.15) is 5.26 Å². The summed E-state index contributed by atoms with van der Waals surface area (Å²) in [7, 11) is 0. The Morgan fingerprint density at radius 3 is 2.42 bits per heavy atom. The molecule has 2 N–H and O–H groups in total. The van der Waals surface area contributed by atoms with E-state index in [-0.39, 0.29) is 23.9 Å². The van der Waals surface area contributed by atoms with Gasteiger partial charge in [0.15, 0.2) is 0 Å². The van der Waals surface area contributed by atoms with Crippen LogP contribution in [0, 0.1) is 24.1 Å². The van der Waals surface area contributed by atoms with Crippen molar-refractivity contribution in [2.45, 2.75) is 19.8 Å². The zero-order valence-electron chi connectivity index (χ0n) is 14.5. The summed E-state index contributed by atoms with van der Waals surface area (Å²) in [6.45, 7) is 2.19. The van der Waals surface area contributed by atoms with Crippen molar-refractivity contribution in [2.24, 2.45) is 0 Å². The Kier molecular flexibility index (Phi) is 6.86. The van der Waals surface area contributed by atoms with E-state index >= 15 is 0 Å². The van der Waals surface area contributed by atoms with Gasteiger partial charge in [-0.1, -0.05) is 18.2 Å². The Balaban J connectivity index is 1.67. The number of aryl methyl sites for hydroxylation is 2. The first-order valence-corrected chi connectivity index (χ1v) is 8.29. The Labute approximate surface area is 151 Å². The molecule has 2 aromatic carbocycles. The molecule has 0 aromatic heterocycles. The van der Waals surface area contributed by atoms with Gasteiger partial charge in [0, 0.05) is 25.1 Å². The maximum atomic E-state index is 13.4. The van der Waals surface area contributed by atoms with Gasteiger partial charge in [0.05, 0.1) is 11.6 Å². The van der Waals surface area contributed by atoms with E-state index in [1.54, 1.807) is 31.2 Å². The highest BCUT2D eigenvalue weighted by Gasteiger charge is 2.08. The second kappa shape index (κ2) is 9.33. The van der Waals surface area contributed by atoms with Gasteiger partial charge < -0.3 is 10.6 Å². The van der Waals surface area contributed by atoms with Crippen LogP contribution in [0.15, 0.2) is 42.5 Å². The summed E-state index contributed by atoms with van der Waals surface area (Å²) >= 11 is 0. The molecule has 26 heavy (non-hydrogen) atoms. The normalized spacial score (nSPS) is 10.0. The van der Waals surface area contributed by atoms with Crippen LogP contribution >= 0.6 is 0 Å². The molecule has 2 aromatic rings. The number of carbonyl (C=O) groups is 2. The van der Waals surface area contributed by atoms with Gasteiger partial charge >= 0.3 is 0 Å². The highest BCUT2D eigenvalue weighted by atomic mass is 19.1. The molecule has 0 unspecified atom stereocenters. The minimum absolute atomic E-state index is 0.120. The highest BCUT2D eigenvalue weighted by Crippen LogP contribution is 2.09. The van der Waals surface area contributed by atoms with E-state index in [1.807, 2.05) is 18.2 Å². The molecule has 0 saturated heterocycles. The van der Waals surface area contributed by atoms with Crippen LogP contribution in [-0.4, -0.2) is 24.9 Å². The maximum absolute atomic E-state index is 13.4. The van der Waals surface area contributed by atoms with Gasteiger partial charge in [-0.15, -0.1) is 0 Å². The van der Waals surface area contributed by atoms with E-state index in [1.165, 1.54) is 6.07 Å². The number of benzene rings is 2. The van der Waals surface area contributed by atoms with E-state index in [2.05, 4.69) is 10.6 Å². The summed E-state index contributed by atoms with van der Waals surface area (Å²) in [5.74, 6) is -0.922.